The van der Waals surface area contributed by atoms with E-state index < -0.39 is 7.12 Å². The van der Waals surface area contributed by atoms with E-state index in [0.29, 0.717) is 12.0 Å². The van der Waals surface area contributed by atoms with E-state index in [-0.39, 0.29) is 0 Å². The Morgan fingerprint density at radius 1 is 1.38 bits per heavy atom. The zero-order valence-corrected chi connectivity index (χ0v) is 9.04. The Morgan fingerprint density at radius 2 is 2.12 bits per heavy atom. The van der Waals surface area contributed by atoms with Crippen LogP contribution in [0.3, 0.4) is 0 Å². The number of hydrogen-bond acceptors (Lipinski definition) is 5. The molecule has 0 aliphatic carbocycles. The second-order valence-corrected chi connectivity index (χ2v) is 3.80. The second-order valence-electron chi connectivity index (χ2n) is 3.80. The van der Waals surface area contributed by atoms with Crippen molar-refractivity contribution in [3.63, 3.8) is 0 Å². The van der Waals surface area contributed by atoms with Gasteiger partial charge in [-0.2, -0.15) is 0 Å². The van der Waals surface area contributed by atoms with Crippen molar-refractivity contribution in [2.45, 2.75) is 6.54 Å². The highest BCUT2D eigenvalue weighted by molar-refractivity contribution is 6.59. The third-order valence-electron chi connectivity index (χ3n) is 2.68. The van der Waals surface area contributed by atoms with Gasteiger partial charge in [-0.25, -0.2) is 0 Å². The molecule has 2 heterocycles. The monoisotopic (exact) mass is 222 g/mol. The molecule has 0 spiro atoms. The number of nitrogens with zero attached hydrogens (tertiary/aromatic N) is 2. The topological polar surface area (TPSA) is 65.8 Å². The molecule has 2 rings (SSSR count). The van der Waals surface area contributed by atoms with E-state index >= 15 is 0 Å². The molecule has 5 nitrogen and oxygen atoms in total. The molecule has 0 saturated carbocycles. The van der Waals surface area contributed by atoms with E-state index in [1.165, 1.54) is 0 Å². The summed E-state index contributed by atoms with van der Waals surface area (Å²) >= 11 is 0. The van der Waals surface area contributed by atoms with Crippen LogP contribution in [-0.4, -0.2) is 53.4 Å². The average Bonchev–Trinajstić information content (AvgIpc) is 2.31. The van der Waals surface area contributed by atoms with E-state index in [1.807, 2.05) is 0 Å². The number of morpholine rings is 1. The first-order valence-corrected chi connectivity index (χ1v) is 5.37. The lowest BCUT2D eigenvalue weighted by molar-refractivity contribution is 0.0337. The van der Waals surface area contributed by atoms with Crippen LogP contribution < -0.4 is 5.46 Å². The Kier molecular flexibility index (Phi) is 3.90. The molecule has 2 N–H and O–H groups in total. The number of aromatic nitrogens is 1. The molecular weight excluding hydrogens is 207 g/mol. The van der Waals surface area contributed by atoms with E-state index in [9.17, 15) is 10.0 Å². The summed E-state index contributed by atoms with van der Waals surface area (Å²) in [5.74, 6) is 0. The van der Waals surface area contributed by atoms with Gasteiger partial charge in [-0.15, -0.1) is 0 Å². The summed E-state index contributed by atoms with van der Waals surface area (Å²) in [6.45, 7) is 3.81. The fourth-order valence-corrected chi connectivity index (χ4v) is 1.79. The predicted molar refractivity (Wildman–Crippen MR) is 60.2 cm³/mol. The third kappa shape index (κ3) is 2.79. The van der Waals surface area contributed by atoms with Gasteiger partial charge in [0.1, 0.15) is 0 Å². The van der Waals surface area contributed by atoms with Gasteiger partial charge in [0.25, 0.3) is 0 Å². The fraction of sp³-hybridized carbons (Fsp3) is 0.500. The molecule has 1 aliphatic heterocycles. The maximum Gasteiger partial charge on any atom is 0.490 e. The van der Waals surface area contributed by atoms with Crippen LogP contribution in [0.5, 0.6) is 0 Å². The van der Waals surface area contributed by atoms with Crippen molar-refractivity contribution in [1.29, 1.82) is 0 Å². The Morgan fingerprint density at radius 3 is 2.81 bits per heavy atom. The number of ether oxygens (including phenoxy) is 1. The van der Waals surface area contributed by atoms with Crippen molar-refractivity contribution in [3.05, 3.63) is 24.0 Å². The molecular formula is C10H15BN2O3. The van der Waals surface area contributed by atoms with Crippen LogP contribution >= 0.6 is 0 Å². The molecule has 0 radical (unpaired) electrons. The third-order valence-corrected chi connectivity index (χ3v) is 2.68. The molecule has 0 aromatic carbocycles. The van der Waals surface area contributed by atoms with Gasteiger partial charge in [-0.1, -0.05) is 6.07 Å². The van der Waals surface area contributed by atoms with Gasteiger partial charge in [0.05, 0.1) is 18.9 Å². The molecule has 86 valence electrons. The SMILES string of the molecule is OB(O)c1cccnc1CN1CCOCC1. The zero-order chi connectivity index (χ0) is 11.4. The highest BCUT2D eigenvalue weighted by Gasteiger charge is 2.19. The van der Waals surface area contributed by atoms with E-state index in [4.69, 9.17) is 4.74 Å². The fourth-order valence-electron chi connectivity index (χ4n) is 1.79. The van der Waals surface area contributed by atoms with Crippen LogP contribution in [0.1, 0.15) is 5.69 Å². The van der Waals surface area contributed by atoms with E-state index in [0.717, 1.165) is 32.0 Å². The maximum absolute atomic E-state index is 9.21. The quantitative estimate of drug-likeness (QED) is 0.615. The van der Waals surface area contributed by atoms with Crippen LogP contribution in [0.25, 0.3) is 0 Å². The minimum atomic E-state index is -1.45. The lowest BCUT2D eigenvalue weighted by atomic mass is 9.79. The van der Waals surface area contributed by atoms with Crippen LogP contribution in [-0.2, 0) is 11.3 Å². The van der Waals surface area contributed by atoms with Gasteiger partial charge in [-0.3, -0.25) is 9.88 Å². The molecule has 1 fully saturated rings. The molecule has 0 unspecified atom stereocenters. The first kappa shape index (κ1) is 11.5. The van der Waals surface area contributed by atoms with Crippen molar-refractivity contribution in [2.75, 3.05) is 26.3 Å². The summed E-state index contributed by atoms with van der Waals surface area (Å²) in [6.07, 6.45) is 1.67. The normalized spacial score (nSPS) is 17.4. The van der Waals surface area contributed by atoms with Crippen molar-refractivity contribution in [1.82, 2.24) is 9.88 Å². The Bertz CT molecular complexity index is 343. The first-order chi connectivity index (χ1) is 7.77. The number of pyridine rings is 1. The molecule has 1 aromatic rings. The van der Waals surface area contributed by atoms with Crippen LogP contribution in [0.15, 0.2) is 18.3 Å². The van der Waals surface area contributed by atoms with Gasteiger partial charge in [0.15, 0.2) is 0 Å². The molecule has 6 heteroatoms. The summed E-state index contributed by atoms with van der Waals surface area (Å²) < 4.78 is 5.25. The van der Waals surface area contributed by atoms with Crippen molar-refractivity contribution >= 4 is 12.6 Å². The largest absolute Gasteiger partial charge is 0.490 e. The highest BCUT2D eigenvalue weighted by atomic mass is 16.5. The Labute approximate surface area is 94.8 Å². The van der Waals surface area contributed by atoms with E-state index in [1.54, 1.807) is 18.3 Å². The standard InChI is InChI=1S/C10H15BN2O3/c14-11(15)9-2-1-3-12-10(9)8-13-4-6-16-7-5-13/h1-3,14-15H,4-8H2. The molecule has 1 aromatic heterocycles. The van der Waals surface area contributed by atoms with Crippen molar-refractivity contribution in [3.8, 4) is 0 Å². The molecule has 1 aliphatic rings. The van der Waals surface area contributed by atoms with Crippen LogP contribution in [0, 0.1) is 0 Å². The highest BCUT2D eigenvalue weighted by Crippen LogP contribution is 2.03. The second kappa shape index (κ2) is 5.40. The Hall–Kier alpha value is -0.945. The lowest BCUT2D eigenvalue weighted by Crippen LogP contribution is -2.40. The average molecular weight is 222 g/mol. The van der Waals surface area contributed by atoms with Gasteiger partial charge in [0, 0.05) is 31.3 Å². The number of hydrogen-bond donors (Lipinski definition) is 2. The summed E-state index contributed by atoms with van der Waals surface area (Å²) in [7, 11) is -1.45. The number of rotatable bonds is 3. The van der Waals surface area contributed by atoms with E-state index in [2.05, 4.69) is 9.88 Å². The molecule has 0 bridgehead atoms. The first-order valence-electron chi connectivity index (χ1n) is 5.37. The van der Waals surface area contributed by atoms with Gasteiger partial charge in [0.2, 0.25) is 0 Å². The summed E-state index contributed by atoms with van der Waals surface area (Å²) in [4.78, 5) is 6.38. The smallest absolute Gasteiger partial charge is 0.423 e. The summed E-state index contributed by atoms with van der Waals surface area (Å²) in [5.41, 5.74) is 1.20. The van der Waals surface area contributed by atoms with Gasteiger partial charge >= 0.3 is 7.12 Å². The maximum atomic E-state index is 9.21. The van der Waals surface area contributed by atoms with Crippen LogP contribution in [0.2, 0.25) is 0 Å². The van der Waals surface area contributed by atoms with Crippen molar-refractivity contribution in [2.24, 2.45) is 0 Å². The minimum Gasteiger partial charge on any atom is -0.423 e. The molecule has 1 saturated heterocycles. The molecule has 0 atom stereocenters. The minimum absolute atomic E-state index is 0.481. The summed E-state index contributed by atoms with van der Waals surface area (Å²) in [6, 6.07) is 3.39. The van der Waals surface area contributed by atoms with Crippen molar-refractivity contribution < 1.29 is 14.8 Å². The molecule has 0 amide bonds. The van der Waals surface area contributed by atoms with Gasteiger partial charge < -0.3 is 14.8 Å². The lowest BCUT2D eigenvalue weighted by Gasteiger charge is -2.26. The summed E-state index contributed by atoms with van der Waals surface area (Å²) in [5, 5.41) is 18.4. The zero-order valence-electron chi connectivity index (χ0n) is 9.04. The predicted octanol–water partition coefficient (Wildman–Crippen LogP) is -1.41. The van der Waals surface area contributed by atoms with Gasteiger partial charge in [-0.05, 0) is 6.07 Å². The van der Waals surface area contributed by atoms with Crippen LogP contribution in [0.4, 0.5) is 0 Å². The molecule has 16 heavy (non-hydrogen) atoms. The Balaban J connectivity index is 2.07.